The van der Waals surface area contributed by atoms with E-state index in [2.05, 4.69) is 56.9 Å². The number of nitrogens with zero attached hydrogens (tertiary/aromatic N) is 2. The maximum absolute atomic E-state index is 5.94. The molecule has 0 aromatic heterocycles. The third kappa shape index (κ3) is 6.95. The fraction of sp³-hybridized carbons (Fsp3) is 1.00. The normalized spacial score (nSPS) is 25.1. The summed E-state index contributed by atoms with van der Waals surface area (Å²) in [6, 6.07) is 0. The number of hydrogen-bond donors (Lipinski definition) is 1. The monoisotopic (exact) mass is 313 g/mol. The van der Waals surface area contributed by atoms with Crippen LogP contribution in [-0.2, 0) is 4.74 Å². The van der Waals surface area contributed by atoms with Crippen molar-refractivity contribution in [2.24, 2.45) is 5.41 Å². The van der Waals surface area contributed by atoms with E-state index in [-0.39, 0.29) is 5.60 Å². The molecule has 4 heteroatoms. The molecule has 0 bridgehead atoms. The topological polar surface area (TPSA) is 27.7 Å². The molecule has 0 saturated carbocycles. The Morgan fingerprint density at radius 2 is 1.82 bits per heavy atom. The fourth-order valence-corrected chi connectivity index (χ4v) is 3.92. The van der Waals surface area contributed by atoms with Gasteiger partial charge in [0.1, 0.15) is 0 Å². The molecule has 0 aromatic carbocycles. The van der Waals surface area contributed by atoms with Crippen LogP contribution in [0.4, 0.5) is 0 Å². The summed E-state index contributed by atoms with van der Waals surface area (Å²) in [6.07, 6.45) is 3.54. The second-order valence-electron chi connectivity index (χ2n) is 7.83. The second-order valence-corrected chi connectivity index (χ2v) is 7.83. The highest BCUT2D eigenvalue weighted by Gasteiger charge is 2.40. The molecule has 0 aliphatic carbocycles. The van der Waals surface area contributed by atoms with Crippen LogP contribution in [0.2, 0.25) is 0 Å². The molecule has 0 spiro atoms. The lowest BCUT2D eigenvalue weighted by molar-refractivity contribution is -0.109. The van der Waals surface area contributed by atoms with Gasteiger partial charge in [0.05, 0.1) is 5.60 Å². The summed E-state index contributed by atoms with van der Waals surface area (Å²) < 4.78 is 5.94. The molecule has 0 amide bonds. The zero-order chi connectivity index (χ0) is 16.6. The number of hydrogen-bond acceptors (Lipinski definition) is 4. The van der Waals surface area contributed by atoms with Gasteiger partial charge < -0.3 is 19.9 Å². The highest BCUT2D eigenvalue weighted by Crippen LogP contribution is 2.38. The predicted molar refractivity (Wildman–Crippen MR) is 95.5 cm³/mol. The molecule has 1 aliphatic rings. The van der Waals surface area contributed by atoms with Crippen LogP contribution in [0.3, 0.4) is 0 Å². The second kappa shape index (κ2) is 9.21. The Morgan fingerprint density at radius 1 is 1.14 bits per heavy atom. The van der Waals surface area contributed by atoms with Crippen LogP contribution < -0.4 is 5.32 Å². The van der Waals surface area contributed by atoms with Gasteiger partial charge in [-0.05, 0) is 73.4 Å². The Kier molecular flexibility index (Phi) is 8.33. The molecule has 0 radical (unpaired) electrons. The molecule has 1 heterocycles. The summed E-state index contributed by atoms with van der Waals surface area (Å²) in [4.78, 5) is 4.83. The van der Waals surface area contributed by atoms with Crippen LogP contribution in [0, 0.1) is 5.41 Å². The summed E-state index contributed by atoms with van der Waals surface area (Å²) in [5, 5.41) is 3.73. The molecule has 4 nitrogen and oxygen atoms in total. The van der Waals surface area contributed by atoms with Gasteiger partial charge in [-0.15, -0.1) is 0 Å². The Hall–Kier alpha value is -0.160. The first-order valence-corrected chi connectivity index (χ1v) is 9.04. The molecule has 1 fully saturated rings. The first-order chi connectivity index (χ1) is 10.3. The molecule has 22 heavy (non-hydrogen) atoms. The van der Waals surface area contributed by atoms with Crippen LogP contribution in [-0.4, -0.2) is 75.4 Å². The minimum atomic E-state index is 0.0111. The number of nitrogens with one attached hydrogen (secondary N) is 1. The van der Waals surface area contributed by atoms with E-state index in [0.29, 0.717) is 5.41 Å². The van der Waals surface area contributed by atoms with Gasteiger partial charge in [-0.25, -0.2) is 0 Å². The molecule has 0 aromatic rings. The minimum absolute atomic E-state index is 0.0111. The standard InChI is InChI=1S/C18H39N3O/c1-7-21(8-2)12-9-11-19-15-18(16-20(5)6)10-13-22-17(3,4)14-18/h19H,7-16H2,1-6H3/t18-/m0/s1. The van der Waals surface area contributed by atoms with E-state index in [1.54, 1.807) is 0 Å². The van der Waals surface area contributed by atoms with Gasteiger partial charge in [-0.1, -0.05) is 13.8 Å². The van der Waals surface area contributed by atoms with Gasteiger partial charge in [-0.3, -0.25) is 0 Å². The highest BCUT2D eigenvalue weighted by atomic mass is 16.5. The van der Waals surface area contributed by atoms with Gasteiger partial charge in [0.25, 0.3) is 0 Å². The zero-order valence-corrected chi connectivity index (χ0v) is 15.9. The zero-order valence-electron chi connectivity index (χ0n) is 15.9. The predicted octanol–water partition coefficient (Wildman–Crippen LogP) is 2.44. The molecule has 1 saturated heterocycles. The van der Waals surface area contributed by atoms with Crippen molar-refractivity contribution >= 4 is 0 Å². The molecular weight excluding hydrogens is 274 g/mol. The minimum Gasteiger partial charge on any atom is -0.376 e. The lowest BCUT2D eigenvalue weighted by Gasteiger charge is -2.46. The van der Waals surface area contributed by atoms with Crippen molar-refractivity contribution in [3.8, 4) is 0 Å². The Balaban J connectivity index is 2.42. The fourth-order valence-electron chi connectivity index (χ4n) is 3.92. The highest BCUT2D eigenvalue weighted by molar-refractivity contribution is 4.93. The smallest absolute Gasteiger partial charge is 0.0632 e. The van der Waals surface area contributed by atoms with E-state index >= 15 is 0 Å². The van der Waals surface area contributed by atoms with Crippen molar-refractivity contribution in [3.63, 3.8) is 0 Å². The average Bonchev–Trinajstić information content (AvgIpc) is 2.41. The van der Waals surface area contributed by atoms with Crippen LogP contribution in [0.25, 0.3) is 0 Å². The Labute approximate surface area is 138 Å². The molecule has 1 N–H and O–H groups in total. The van der Waals surface area contributed by atoms with E-state index in [1.165, 1.54) is 13.0 Å². The number of rotatable bonds is 10. The van der Waals surface area contributed by atoms with E-state index in [4.69, 9.17) is 4.74 Å². The third-order valence-electron chi connectivity index (χ3n) is 4.80. The van der Waals surface area contributed by atoms with Crippen molar-refractivity contribution < 1.29 is 4.74 Å². The lowest BCUT2D eigenvalue weighted by atomic mass is 9.73. The number of ether oxygens (including phenoxy) is 1. The van der Waals surface area contributed by atoms with Crippen molar-refractivity contribution in [1.29, 1.82) is 0 Å². The molecular formula is C18H39N3O. The maximum atomic E-state index is 5.94. The average molecular weight is 314 g/mol. The quantitative estimate of drug-likeness (QED) is 0.627. The first kappa shape index (κ1) is 19.9. The maximum Gasteiger partial charge on any atom is 0.0632 e. The van der Waals surface area contributed by atoms with Crippen LogP contribution in [0.1, 0.15) is 47.0 Å². The van der Waals surface area contributed by atoms with Crippen molar-refractivity contribution in [3.05, 3.63) is 0 Å². The molecule has 0 unspecified atom stereocenters. The Morgan fingerprint density at radius 3 is 2.36 bits per heavy atom. The SMILES string of the molecule is CCN(CC)CCCNC[C@]1(CN(C)C)CCOC(C)(C)C1. The summed E-state index contributed by atoms with van der Waals surface area (Å²) in [5.41, 5.74) is 0.359. The molecule has 132 valence electrons. The van der Waals surface area contributed by atoms with Gasteiger partial charge in [0.2, 0.25) is 0 Å². The summed E-state index contributed by atoms with van der Waals surface area (Å²) in [6.45, 7) is 16.7. The summed E-state index contributed by atoms with van der Waals surface area (Å²) in [7, 11) is 4.37. The summed E-state index contributed by atoms with van der Waals surface area (Å²) >= 11 is 0. The molecule has 1 aliphatic heterocycles. The van der Waals surface area contributed by atoms with Gasteiger partial charge in [0.15, 0.2) is 0 Å². The third-order valence-corrected chi connectivity index (χ3v) is 4.80. The summed E-state index contributed by atoms with van der Waals surface area (Å²) in [5.74, 6) is 0. The van der Waals surface area contributed by atoms with Crippen molar-refractivity contribution in [2.45, 2.75) is 52.6 Å². The van der Waals surface area contributed by atoms with E-state index in [9.17, 15) is 0 Å². The lowest BCUT2D eigenvalue weighted by Crippen LogP contribution is -2.51. The van der Waals surface area contributed by atoms with Gasteiger partial charge in [0, 0.05) is 25.1 Å². The van der Waals surface area contributed by atoms with Crippen LogP contribution in [0.5, 0.6) is 0 Å². The van der Waals surface area contributed by atoms with Crippen molar-refractivity contribution in [1.82, 2.24) is 15.1 Å². The van der Waals surface area contributed by atoms with E-state index in [0.717, 1.165) is 52.2 Å². The van der Waals surface area contributed by atoms with Gasteiger partial charge >= 0.3 is 0 Å². The van der Waals surface area contributed by atoms with E-state index < -0.39 is 0 Å². The van der Waals surface area contributed by atoms with Crippen molar-refractivity contribution in [2.75, 3.05) is 60.0 Å². The first-order valence-electron chi connectivity index (χ1n) is 9.04. The van der Waals surface area contributed by atoms with Gasteiger partial charge in [-0.2, -0.15) is 0 Å². The van der Waals surface area contributed by atoms with E-state index in [1.807, 2.05) is 0 Å². The van der Waals surface area contributed by atoms with Crippen LogP contribution >= 0.6 is 0 Å². The molecule has 1 atom stereocenters. The Bertz CT molecular complexity index is 303. The largest absolute Gasteiger partial charge is 0.376 e. The molecule has 1 rings (SSSR count). The van der Waals surface area contributed by atoms with Crippen LogP contribution in [0.15, 0.2) is 0 Å².